The highest BCUT2D eigenvalue weighted by molar-refractivity contribution is 6.31. The highest BCUT2D eigenvalue weighted by Gasteiger charge is 2.22. The van der Waals surface area contributed by atoms with Gasteiger partial charge in [-0.1, -0.05) is 60.1 Å². The number of methoxy groups -OCH3 is 1. The van der Waals surface area contributed by atoms with Crippen molar-refractivity contribution in [3.63, 3.8) is 0 Å². The van der Waals surface area contributed by atoms with Gasteiger partial charge >= 0.3 is 5.69 Å². The third-order valence-electron chi connectivity index (χ3n) is 5.80. The molecule has 1 atom stereocenters. The quantitative estimate of drug-likeness (QED) is 0.412. The maximum Gasteiger partial charge on any atom is 0.352 e. The zero-order valence-electron chi connectivity index (χ0n) is 20.1. The van der Waals surface area contributed by atoms with Crippen molar-refractivity contribution in [1.29, 1.82) is 0 Å². The standard InChI is InChI=1S/C27H25ClN4O4/c1-17-12-13-21(15-23(17)28)32-27(35)31(16-19-8-7-11-22(14-19)36-3)26(34)24(30-32)25(33)29-18(2)20-9-5-4-6-10-20/h4-15,18H,16H2,1-3H3,(H,29,33)/t18-/m1/s1. The third kappa shape index (κ3) is 5.23. The summed E-state index contributed by atoms with van der Waals surface area (Å²) in [5.41, 5.74) is 0.758. The Bertz CT molecular complexity index is 1530. The van der Waals surface area contributed by atoms with E-state index in [9.17, 15) is 14.4 Å². The molecule has 0 fully saturated rings. The van der Waals surface area contributed by atoms with Gasteiger partial charge in [0.25, 0.3) is 11.5 Å². The summed E-state index contributed by atoms with van der Waals surface area (Å²) in [6, 6.07) is 20.9. The van der Waals surface area contributed by atoms with Crippen molar-refractivity contribution in [3.8, 4) is 11.4 Å². The van der Waals surface area contributed by atoms with Crippen LogP contribution in [0.25, 0.3) is 5.69 Å². The second-order valence-electron chi connectivity index (χ2n) is 8.33. The predicted octanol–water partition coefficient (Wildman–Crippen LogP) is 3.90. The number of aryl methyl sites for hydroxylation is 1. The molecular formula is C27H25ClN4O4. The molecule has 0 radical (unpaired) electrons. The first-order valence-electron chi connectivity index (χ1n) is 11.3. The van der Waals surface area contributed by atoms with Crippen LogP contribution in [0.5, 0.6) is 5.75 Å². The fourth-order valence-corrected chi connectivity index (χ4v) is 3.90. The minimum Gasteiger partial charge on any atom is -0.497 e. The van der Waals surface area contributed by atoms with Crippen molar-refractivity contribution in [3.05, 3.63) is 121 Å². The molecule has 0 spiro atoms. The average molecular weight is 505 g/mol. The van der Waals surface area contributed by atoms with Crippen LogP contribution in [0.2, 0.25) is 5.02 Å². The van der Waals surface area contributed by atoms with E-state index in [1.807, 2.05) is 37.3 Å². The largest absolute Gasteiger partial charge is 0.497 e. The van der Waals surface area contributed by atoms with Crippen LogP contribution in [0.3, 0.4) is 0 Å². The Hall–Kier alpha value is -4.17. The highest BCUT2D eigenvalue weighted by atomic mass is 35.5. The predicted molar refractivity (Wildman–Crippen MR) is 138 cm³/mol. The van der Waals surface area contributed by atoms with Crippen LogP contribution in [0.4, 0.5) is 0 Å². The van der Waals surface area contributed by atoms with Crippen molar-refractivity contribution in [2.24, 2.45) is 0 Å². The topological polar surface area (TPSA) is 95.2 Å². The van der Waals surface area contributed by atoms with Crippen LogP contribution in [0.1, 0.15) is 40.1 Å². The molecule has 1 amide bonds. The minimum absolute atomic E-state index is 0.0779. The van der Waals surface area contributed by atoms with Gasteiger partial charge in [-0.25, -0.2) is 4.79 Å². The third-order valence-corrected chi connectivity index (χ3v) is 6.20. The van der Waals surface area contributed by atoms with Crippen LogP contribution >= 0.6 is 11.6 Å². The lowest BCUT2D eigenvalue weighted by Crippen LogP contribution is -2.46. The average Bonchev–Trinajstić information content (AvgIpc) is 2.89. The molecule has 1 N–H and O–H groups in total. The van der Waals surface area contributed by atoms with E-state index in [0.717, 1.165) is 20.4 Å². The summed E-state index contributed by atoms with van der Waals surface area (Å²) >= 11 is 6.28. The number of carbonyl (C=O) groups is 1. The van der Waals surface area contributed by atoms with Crippen LogP contribution in [0, 0.1) is 6.92 Å². The summed E-state index contributed by atoms with van der Waals surface area (Å²) in [6.45, 7) is 3.55. The monoisotopic (exact) mass is 504 g/mol. The number of aromatic nitrogens is 3. The summed E-state index contributed by atoms with van der Waals surface area (Å²) in [5, 5.41) is 7.40. The first-order chi connectivity index (χ1) is 17.3. The summed E-state index contributed by atoms with van der Waals surface area (Å²) in [6.07, 6.45) is 0. The molecule has 1 aromatic heterocycles. The SMILES string of the molecule is COc1cccc(Cn2c(=O)c(C(=O)N[C@H](C)c3ccccc3)nn(-c3ccc(C)c(Cl)c3)c2=O)c1. The van der Waals surface area contributed by atoms with Gasteiger partial charge in [-0.2, -0.15) is 9.78 Å². The first-order valence-corrected chi connectivity index (χ1v) is 11.7. The summed E-state index contributed by atoms with van der Waals surface area (Å²) < 4.78 is 7.26. The lowest BCUT2D eigenvalue weighted by Gasteiger charge is -2.16. The fourth-order valence-electron chi connectivity index (χ4n) is 3.72. The van der Waals surface area contributed by atoms with Crippen molar-refractivity contribution in [2.75, 3.05) is 7.11 Å². The Labute approximate surface area is 212 Å². The van der Waals surface area contributed by atoms with Gasteiger partial charge in [0, 0.05) is 5.02 Å². The molecule has 0 aliphatic carbocycles. The van der Waals surface area contributed by atoms with E-state index in [4.69, 9.17) is 16.3 Å². The molecule has 4 aromatic rings. The zero-order chi connectivity index (χ0) is 25.8. The van der Waals surface area contributed by atoms with Crippen LogP contribution in [-0.2, 0) is 6.54 Å². The van der Waals surface area contributed by atoms with Crippen molar-refractivity contribution < 1.29 is 9.53 Å². The van der Waals surface area contributed by atoms with Gasteiger partial charge in [0.1, 0.15) is 5.75 Å². The van der Waals surface area contributed by atoms with E-state index in [1.165, 1.54) is 7.11 Å². The number of amides is 1. The van der Waals surface area contributed by atoms with E-state index < -0.39 is 22.9 Å². The normalized spacial score (nSPS) is 11.7. The molecule has 0 saturated carbocycles. The van der Waals surface area contributed by atoms with Gasteiger partial charge in [-0.05, 0) is 54.8 Å². The molecule has 184 valence electrons. The number of rotatable bonds is 7. The van der Waals surface area contributed by atoms with E-state index in [1.54, 1.807) is 49.4 Å². The van der Waals surface area contributed by atoms with Gasteiger partial charge in [0.2, 0.25) is 5.69 Å². The molecular weight excluding hydrogens is 480 g/mol. The molecule has 0 unspecified atom stereocenters. The Morgan fingerprint density at radius 3 is 2.50 bits per heavy atom. The number of ether oxygens (including phenoxy) is 1. The molecule has 0 aliphatic heterocycles. The minimum atomic E-state index is -0.796. The van der Waals surface area contributed by atoms with Crippen LogP contribution in [0.15, 0.2) is 82.4 Å². The second-order valence-corrected chi connectivity index (χ2v) is 8.73. The van der Waals surface area contributed by atoms with E-state index >= 15 is 0 Å². The molecule has 3 aromatic carbocycles. The number of nitrogens with one attached hydrogen (secondary N) is 1. The number of hydrogen-bond donors (Lipinski definition) is 1. The maximum absolute atomic E-state index is 13.4. The van der Waals surface area contributed by atoms with Crippen molar-refractivity contribution in [1.82, 2.24) is 19.7 Å². The van der Waals surface area contributed by atoms with Gasteiger partial charge in [-0.15, -0.1) is 0 Å². The van der Waals surface area contributed by atoms with Crippen molar-refractivity contribution in [2.45, 2.75) is 26.4 Å². The Balaban J connectivity index is 1.83. The molecule has 0 bridgehead atoms. The Kier molecular flexibility index (Phi) is 7.36. The molecule has 9 heteroatoms. The molecule has 8 nitrogen and oxygen atoms in total. The number of carbonyl (C=O) groups excluding carboxylic acids is 1. The second kappa shape index (κ2) is 10.6. The van der Waals surface area contributed by atoms with Gasteiger partial charge in [0.15, 0.2) is 0 Å². The summed E-state index contributed by atoms with van der Waals surface area (Å²) in [5.74, 6) is -0.113. The maximum atomic E-state index is 13.4. The van der Waals surface area contributed by atoms with Crippen LogP contribution in [-0.4, -0.2) is 27.4 Å². The summed E-state index contributed by atoms with van der Waals surface area (Å²) in [4.78, 5) is 40.0. The molecule has 4 rings (SSSR count). The van der Waals surface area contributed by atoms with E-state index in [0.29, 0.717) is 22.0 Å². The van der Waals surface area contributed by atoms with Gasteiger partial charge in [0.05, 0.1) is 25.4 Å². The molecule has 0 aliphatic rings. The number of halogens is 1. The Morgan fingerprint density at radius 1 is 1.06 bits per heavy atom. The van der Waals surface area contributed by atoms with E-state index in [-0.39, 0.29) is 12.6 Å². The lowest BCUT2D eigenvalue weighted by atomic mass is 10.1. The lowest BCUT2D eigenvalue weighted by molar-refractivity contribution is 0.0930. The van der Waals surface area contributed by atoms with Crippen LogP contribution < -0.4 is 21.3 Å². The zero-order valence-corrected chi connectivity index (χ0v) is 20.8. The molecule has 0 saturated heterocycles. The fraction of sp³-hybridized carbons (Fsp3) is 0.185. The van der Waals surface area contributed by atoms with Crippen molar-refractivity contribution >= 4 is 17.5 Å². The number of hydrogen-bond acceptors (Lipinski definition) is 5. The molecule has 1 heterocycles. The highest BCUT2D eigenvalue weighted by Crippen LogP contribution is 2.18. The number of benzene rings is 3. The van der Waals surface area contributed by atoms with Gasteiger partial charge < -0.3 is 10.1 Å². The smallest absolute Gasteiger partial charge is 0.352 e. The Morgan fingerprint density at radius 2 is 1.81 bits per heavy atom. The van der Waals surface area contributed by atoms with E-state index in [2.05, 4.69) is 10.4 Å². The molecule has 36 heavy (non-hydrogen) atoms. The summed E-state index contributed by atoms with van der Waals surface area (Å²) in [7, 11) is 1.53. The number of nitrogens with zero attached hydrogens (tertiary/aromatic N) is 3. The first kappa shape index (κ1) is 24.9. The van der Waals surface area contributed by atoms with Gasteiger partial charge in [-0.3, -0.25) is 14.2 Å².